The fourth-order valence-electron chi connectivity index (χ4n) is 2.90. The molecule has 0 saturated heterocycles. The van der Waals surface area contributed by atoms with Crippen molar-refractivity contribution in [2.45, 2.75) is 0 Å². The molecule has 2 N–H and O–H groups in total. The molecule has 5 heteroatoms. The smallest absolute Gasteiger partial charge is 0.227 e. The topological polar surface area (TPSA) is 70.5 Å². The summed E-state index contributed by atoms with van der Waals surface area (Å²) < 4.78 is 16.4. The fourth-order valence-corrected chi connectivity index (χ4v) is 2.90. The van der Waals surface area contributed by atoms with Crippen molar-refractivity contribution >= 4 is 16.8 Å². The average Bonchev–Trinajstić information content (AvgIpc) is 3.11. The first kappa shape index (κ1) is 16.0. The summed E-state index contributed by atoms with van der Waals surface area (Å²) in [5, 5.41) is 0. The number of nitrogens with zero attached hydrogens (tertiary/aromatic N) is 1. The zero-order valence-corrected chi connectivity index (χ0v) is 14.5. The van der Waals surface area contributed by atoms with Crippen molar-refractivity contribution < 1.29 is 13.9 Å². The predicted octanol–water partition coefficient (Wildman–Crippen LogP) is 4.76. The van der Waals surface area contributed by atoms with E-state index in [1.807, 2.05) is 48.5 Å². The minimum atomic E-state index is 0.525. The molecule has 4 rings (SSSR count). The second-order valence-corrected chi connectivity index (χ2v) is 5.89. The van der Waals surface area contributed by atoms with Crippen LogP contribution < -0.4 is 15.2 Å². The van der Waals surface area contributed by atoms with E-state index in [1.165, 1.54) is 0 Å². The lowest BCUT2D eigenvalue weighted by molar-refractivity contribution is 0.415. The van der Waals surface area contributed by atoms with Gasteiger partial charge in [0.25, 0.3) is 0 Å². The number of nitrogens with two attached hydrogens (primary N) is 1. The van der Waals surface area contributed by atoms with E-state index in [4.69, 9.17) is 19.6 Å². The molecule has 0 bridgehead atoms. The van der Waals surface area contributed by atoms with Gasteiger partial charge < -0.3 is 19.6 Å². The molecule has 5 nitrogen and oxygen atoms in total. The highest BCUT2D eigenvalue weighted by molar-refractivity contribution is 5.83. The number of nitrogen functional groups attached to an aromatic ring is 1. The lowest BCUT2D eigenvalue weighted by Gasteiger charge is -2.04. The fraction of sp³-hybridized carbons (Fsp3) is 0.0952. The van der Waals surface area contributed by atoms with Gasteiger partial charge in [-0.2, -0.15) is 0 Å². The molecule has 0 aliphatic carbocycles. The maximum absolute atomic E-state index is 5.98. The third kappa shape index (κ3) is 2.84. The maximum atomic E-state index is 5.98. The second-order valence-electron chi connectivity index (χ2n) is 5.89. The Kier molecular flexibility index (Phi) is 3.97. The molecular weight excluding hydrogens is 328 g/mol. The molecule has 0 atom stereocenters. The Hall–Kier alpha value is -3.47. The van der Waals surface area contributed by atoms with Crippen LogP contribution in [-0.4, -0.2) is 19.2 Å². The van der Waals surface area contributed by atoms with E-state index in [0.717, 1.165) is 33.5 Å². The molecule has 1 aromatic heterocycles. The first-order valence-corrected chi connectivity index (χ1v) is 8.17. The number of rotatable bonds is 4. The minimum absolute atomic E-state index is 0.525. The summed E-state index contributed by atoms with van der Waals surface area (Å²) >= 11 is 0. The number of aromatic nitrogens is 1. The van der Waals surface area contributed by atoms with Crippen molar-refractivity contribution in [3.05, 3.63) is 60.7 Å². The molecule has 26 heavy (non-hydrogen) atoms. The molecule has 0 fully saturated rings. The minimum Gasteiger partial charge on any atom is -0.497 e. The zero-order valence-electron chi connectivity index (χ0n) is 14.5. The predicted molar refractivity (Wildman–Crippen MR) is 102 cm³/mol. The Balaban J connectivity index is 1.75. The van der Waals surface area contributed by atoms with Crippen molar-refractivity contribution in [1.29, 1.82) is 0 Å². The summed E-state index contributed by atoms with van der Waals surface area (Å²) in [7, 11) is 3.25. The summed E-state index contributed by atoms with van der Waals surface area (Å²) in [6.07, 6.45) is 0. The van der Waals surface area contributed by atoms with Crippen LogP contribution in [0, 0.1) is 0 Å². The molecule has 0 saturated carbocycles. The first-order chi connectivity index (χ1) is 12.7. The summed E-state index contributed by atoms with van der Waals surface area (Å²) in [4.78, 5) is 4.61. The number of ether oxygens (including phenoxy) is 2. The van der Waals surface area contributed by atoms with Crippen LogP contribution in [0.25, 0.3) is 33.7 Å². The first-order valence-electron chi connectivity index (χ1n) is 8.17. The average molecular weight is 346 g/mol. The highest BCUT2D eigenvalue weighted by Crippen LogP contribution is 2.32. The van der Waals surface area contributed by atoms with Gasteiger partial charge in [-0.3, -0.25) is 0 Å². The van der Waals surface area contributed by atoms with Crippen molar-refractivity contribution in [3.8, 4) is 34.1 Å². The lowest BCUT2D eigenvalue weighted by atomic mass is 10.1. The zero-order chi connectivity index (χ0) is 18.1. The maximum Gasteiger partial charge on any atom is 0.227 e. The highest BCUT2D eigenvalue weighted by Gasteiger charge is 2.11. The Morgan fingerprint density at radius 2 is 1.65 bits per heavy atom. The Morgan fingerprint density at radius 1 is 0.846 bits per heavy atom. The normalized spacial score (nSPS) is 10.8. The van der Waals surface area contributed by atoms with Gasteiger partial charge in [0.15, 0.2) is 5.58 Å². The summed E-state index contributed by atoms with van der Waals surface area (Å²) in [6, 6.07) is 19.3. The van der Waals surface area contributed by atoms with Gasteiger partial charge in [-0.1, -0.05) is 18.2 Å². The van der Waals surface area contributed by atoms with Crippen LogP contribution >= 0.6 is 0 Å². The standard InChI is InChI=1S/C21H18N2O3/c1-24-16-5-3-4-13(10-16)14-6-9-20-18(12-14)23-21(26-20)15-7-8-19(25-2)17(22)11-15/h3-12H,22H2,1-2H3. The molecule has 1 heterocycles. The molecule has 4 aromatic rings. The van der Waals surface area contributed by atoms with Crippen LogP contribution in [0.5, 0.6) is 11.5 Å². The lowest BCUT2D eigenvalue weighted by Crippen LogP contribution is -1.92. The molecule has 0 unspecified atom stereocenters. The highest BCUT2D eigenvalue weighted by atomic mass is 16.5. The van der Waals surface area contributed by atoms with E-state index >= 15 is 0 Å². The van der Waals surface area contributed by atoms with Gasteiger partial charge in [0, 0.05) is 5.56 Å². The van der Waals surface area contributed by atoms with E-state index in [9.17, 15) is 0 Å². The largest absolute Gasteiger partial charge is 0.497 e. The van der Waals surface area contributed by atoms with E-state index in [1.54, 1.807) is 26.4 Å². The summed E-state index contributed by atoms with van der Waals surface area (Å²) in [5.41, 5.74) is 11.0. The number of benzene rings is 3. The Bertz CT molecular complexity index is 1090. The number of oxazole rings is 1. The van der Waals surface area contributed by atoms with Crippen LogP contribution in [0.2, 0.25) is 0 Å². The van der Waals surface area contributed by atoms with Crippen LogP contribution in [0.3, 0.4) is 0 Å². The van der Waals surface area contributed by atoms with E-state index < -0.39 is 0 Å². The third-order valence-corrected chi connectivity index (χ3v) is 4.27. The molecule has 0 aliphatic heterocycles. The van der Waals surface area contributed by atoms with Gasteiger partial charge in [-0.25, -0.2) is 4.98 Å². The molecule has 0 aliphatic rings. The van der Waals surface area contributed by atoms with Gasteiger partial charge in [-0.15, -0.1) is 0 Å². The van der Waals surface area contributed by atoms with Crippen molar-refractivity contribution in [1.82, 2.24) is 4.98 Å². The van der Waals surface area contributed by atoms with Gasteiger partial charge in [0.05, 0.1) is 19.9 Å². The van der Waals surface area contributed by atoms with Gasteiger partial charge >= 0.3 is 0 Å². The van der Waals surface area contributed by atoms with Crippen LogP contribution in [0.4, 0.5) is 5.69 Å². The molecule has 3 aromatic carbocycles. The molecule has 130 valence electrons. The van der Waals surface area contributed by atoms with Crippen LogP contribution in [0.1, 0.15) is 0 Å². The second kappa shape index (κ2) is 6.44. The third-order valence-electron chi connectivity index (χ3n) is 4.27. The van der Waals surface area contributed by atoms with Crippen LogP contribution in [-0.2, 0) is 0 Å². The van der Waals surface area contributed by atoms with E-state index in [0.29, 0.717) is 17.3 Å². The van der Waals surface area contributed by atoms with Crippen molar-refractivity contribution in [2.24, 2.45) is 0 Å². The number of hydrogen-bond donors (Lipinski definition) is 1. The molecule has 0 spiro atoms. The Morgan fingerprint density at radius 3 is 2.42 bits per heavy atom. The van der Waals surface area contributed by atoms with E-state index in [-0.39, 0.29) is 0 Å². The summed E-state index contributed by atoms with van der Waals surface area (Å²) in [6.45, 7) is 0. The van der Waals surface area contributed by atoms with Gasteiger partial charge in [0.1, 0.15) is 17.0 Å². The number of fused-ring (bicyclic) bond motifs is 1. The van der Waals surface area contributed by atoms with Gasteiger partial charge in [-0.05, 0) is 53.6 Å². The molecule has 0 radical (unpaired) electrons. The quantitative estimate of drug-likeness (QED) is 0.539. The Labute approximate surface area is 151 Å². The van der Waals surface area contributed by atoms with Crippen LogP contribution in [0.15, 0.2) is 65.1 Å². The van der Waals surface area contributed by atoms with Gasteiger partial charge in [0.2, 0.25) is 5.89 Å². The SMILES string of the molecule is COc1cccc(-c2ccc3oc(-c4ccc(OC)c(N)c4)nc3c2)c1. The van der Waals surface area contributed by atoms with Crippen molar-refractivity contribution in [3.63, 3.8) is 0 Å². The van der Waals surface area contributed by atoms with Crippen molar-refractivity contribution in [2.75, 3.05) is 20.0 Å². The monoisotopic (exact) mass is 346 g/mol. The number of hydrogen-bond acceptors (Lipinski definition) is 5. The molecular formula is C21H18N2O3. The molecule has 0 amide bonds. The number of anilines is 1. The van der Waals surface area contributed by atoms with E-state index in [2.05, 4.69) is 4.98 Å². The number of methoxy groups -OCH3 is 2. The summed E-state index contributed by atoms with van der Waals surface area (Å²) in [5.74, 6) is 1.97.